The first-order valence-electron chi connectivity index (χ1n) is 17.7. The van der Waals surface area contributed by atoms with Crippen molar-refractivity contribution in [1.82, 2.24) is 0 Å². The molecule has 48 heavy (non-hydrogen) atoms. The summed E-state index contributed by atoms with van der Waals surface area (Å²) in [5.74, 6) is 1.59. The number of nitrogens with zero attached hydrogens (tertiary/aromatic N) is 1. The van der Waals surface area contributed by atoms with E-state index in [2.05, 4.69) is 146 Å². The number of hydrogen-bond donors (Lipinski definition) is 0. The molecule has 0 N–H and O–H groups in total. The predicted molar refractivity (Wildman–Crippen MR) is 203 cm³/mol. The van der Waals surface area contributed by atoms with Crippen LogP contribution >= 0.6 is 11.3 Å². The van der Waals surface area contributed by atoms with Gasteiger partial charge in [0, 0.05) is 47.9 Å². The van der Waals surface area contributed by atoms with Gasteiger partial charge in [-0.3, -0.25) is 0 Å². The average Bonchev–Trinajstić information content (AvgIpc) is 3.93. The Balaban J connectivity index is 1.18. The largest absolute Gasteiger partial charge is 0.310 e. The minimum Gasteiger partial charge on any atom is -0.310 e. The van der Waals surface area contributed by atoms with Gasteiger partial charge in [0.15, 0.2) is 0 Å². The Hall–Kier alpha value is -4.66. The summed E-state index contributed by atoms with van der Waals surface area (Å²) in [6.45, 7) is 4.79. The maximum Gasteiger partial charge on any atom is 0.0543 e. The van der Waals surface area contributed by atoms with E-state index >= 15 is 0 Å². The molecule has 1 nitrogen and oxygen atoms in total. The Bertz CT molecular complexity index is 2480. The Morgan fingerprint density at radius 3 is 2.15 bits per heavy atom. The number of rotatable bonds is 3. The summed E-state index contributed by atoms with van der Waals surface area (Å²) < 4.78 is 2.69. The number of fused-ring (bicyclic) bond motifs is 14. The van der Waals surface area contributed by atoms with E-state index in [1.165, 1.54) is 96.3 Å². The van der Waals surface area contributed by atoms with Crippen LogP contribution < -0.4 is 4.90 Å². The minimum atomic E-state index is -0.0680. The molecule has 1 spiro atoms. The van der Waals surface area contributed by atoms with Crippen molar-refractivity contribution in [3.05, 3.63) is 150 Å². The van der Waals surface area contributed by atoms with Gasteiger partial charge in [-0.2, -0.15) is 0 Å². The van der Waals surface area contributed by atoms with Gasteiger partial charge < -0.3 is 4.90 Å². The van der Waals surface area contributed by atoms with Crippen LogP contribution in [-0.4, -0.2) is 0 Å². The molecule has 7 aromatic rings. The molecular formula is C46H37NS. The third kappa shape index (κ3) is 3.42. The van der Waals surface area contributed by atoms with Crippen molar-refractivity contribution in [2.75, 3.05) is 4.90 Å². The smallest absolute Gasteiger partial charge is 0.0543 e. The van der Waals surface area contributed by atoms with E-state index < -0.39 is 0 Å². The second-order valence-electron chi connectivity index (χ2n) is 15.3. The molecule has 0 aliphatic heterocycles. The number of benzene rings is 6. The molecule has 0 radical (unpaired) electrons. The van der Waals surface area contributed by atoms with Gasteiger partial charge in [0.2, 0.25) is 0 Å². The summed E-state index contributed by atoms with van der Waals surface area (Å²) >= 11 is 1.91. The van der Waals surface area contributed by atoms with E-state index in [0.717, 1.165) is 11.8 Å². The SMILES string of the molecule is CC1(C)c2ccccc2-c2ccc(N(c3ccc4c(c3)sc3ccccc34)c3cccc4c3-c3ccccc3C43CC4CCC3C4)cc21. The molecule has 4 aliphatic rings. The molecule has 3 unspecified atom stereocenters. The summed E-state index contributed by atoms with van der Waals surface area (Å²) in [5.41, 5.74) is 15.4. The lowest BCUT2D eigenvalue weighted by atomic mass is 9.67. The molecule has 4 aliphatic carbocycles. The molecule has 232 valence electrons. The van der Waals surface area contributed by atoms with Crippen LogP contribution in [0, 0.1) is 11.8 Å². The number of thiophene rings is 1. The topological polar surface area (TPSA) is 3.24 Å². The third-order valence-corrected chi connectivity index (χ3v) is 13.9. The maximum atomic E-state index is 2.59. The van der Waals surface area contributed by atoms with Crippen molar-refractivity contribution in [3.63, 3.8) is 0 Å². The van der Waals surface area contributed by atoms with Crippen LogP contribution in [0.25, 0.3) is 42.4 Å². The molecule has 3 atom stereocenters. The van der Waals surface area contributed by atoms with Gasteiger partial charge in [-0.1, -0.05) is 111 Å². The Morgan fingerprint density at radius 1 is 0.583 bits per heavy atom. The van der Waals surface area contributed by atoms with Crippen LogP contribution in [0.4, 0.5) is 17.1 Å². The van der Waals surface area contributed by atoms with Crippen LogP contribution in [0.1, 0.15) is 61.8 Å². The monoisotopic (exact) mass is 635 g/mol. The second-order valence-corrected chi connectivity index (χ2v) is 16.4. The van der Waals surface area contributed by atoms with Crippen molar-refractivity contribution in [1.29, 1.82) is 0 Å². The first-order valence-corrected chi connectivity index (χ1v) is 18.5. The summed E-state index contributed by atoms with van der Waals surface area (Å²) in [5, 5.41) is 2.69. The summed E-state index contributed by atoms with van der Waals surface area (Å²) in [6, 6.07) is 48.9. The summed E-state index contributed by atoms with van der Waals surface area (Å²) in [7, 11) is 0. The molecule has 2 saturated carbocycles. The number of hydrogen-bond acceptors (Lipinski definition) is 2. The summed E-state index contributed by atoms with van der Waals surface area (Å²) in [6.07, 6.45) is 5.43. The Kier molecular flexibility index (Phi) is 5.40. The normalized spacial score (nSPS) is 22.3. The van der Waals surface area contributed by atoms with E-state index in [-0.39, 0.29) is 10.8 Å². The lowest BCUT2D eigenvalue weighted by Gasteiger charge is -2.37. The molecule has 2 bridgehead atoms. The predicted octanol–water partition coefficient (Wildman–Crippen LogP) is 12.9. The quantitative estimate of drug-likeness (QED) is 0.187. The Labute approximate surface area is 286 Å². The van der Waals surface area contributed by atoms with Crippen LogP contribution in [0.3, 0.4) is 0 Å². The van der Waals surface area contributed by atoms with E-state index in [1.54, 1.807) is 11.1 Å². The molecule has 0 saturated heterocycles. The highest BCUT2D eigenvalue weighted by Gasteiger charge is 2.57. The highest BCUT2D eigenvalue weighted by molar-refractivity contribution is 7.25. The molecule has 0 amide bonds. The van der Waals surface area contributed by atoms with Gasteiger partial charge >= 0.3 is 0 Å². The molecule has 2 heteroatoms. The van der Waals surface area contributed by atoms with E-state index in [4.69, 9.17) is 0 Å². The van der Waals surface area contributed by atoms with Crippen LogP contribution in [-0.2, 0) is 10.8 Å². The first-order chi connectivity index (χ1) is 23.5. The fourth-order valence-electron chi connectivity index (χ4n) is 10.7. The Morgan fingerprint density at radius 2 is 1.29 bits per heavy atom. The lowest BCUT2D eigenvalue weighted by Crippen LogP contribution is -2.31. The van der Waals surface area contributed by atoms with Gasteiger partial charge in [0.25, 0.3) is 0 Å². The average molecular weight is 636 g/mol. The molecule has 1 heterocycles. The van der Waals surface area contributed by atoms with E-state index in [0.29, 0.717) is 0 Å². The van der Waals surface area contributed by atoms with Gasteiger partial charge in [-0.25, -0.2) is 0 Å². The molecular weight excluding hydrogens is 599 g/mol. The highest BCUT2D eigenvalue weighted by atomic mass is 32.1. The standard InChI is InChI=1S/C46H37NS/c1-45(2)37-13-6-3-10-32(37)33-22-20-30(25-40(33)45)47(31-21-23-35-34-11-5-8-17-42(34)48-43(35)26-31)41-16-9-15-39-44(41)36-12-4-7-14-38(36)46(39)27-28-18-19-29(46)24-28/h3-17,20-23,25-26,28-29H,18-19,24,27H2,1-2H3. The maximum absolute atomic E-state index is 2.59. The highest BCUT2D eigenvalue weighted by Crippen LogP contribution is 2.67. The van der Waals surface area contributed by atoms with Crippen molar-refractivity contribution in [2.24, 2.45) is 11.8 Å². The molecule has 1 aromatic heterocycles. The molecule has 6 aromatic carbocycles. The van der Waals surface area contributed by atoms with Crippen molar-refractivity contribution >= 4 is 48.6 Å². The molecule has 2 fully saturated rings. The second kappa shape index (κ2) is 9.49. The first kappa shape index (κ1) is 27.3. The fraction of sp³-hybridized carbons (Fsp3) is 0.217. The van der Waals surface area contributed by atoms with E-state index in [1.807, 2.05) is 11.3 Å². The zero-order chi connectivity index (χ0) is 31.8. The van der Waals surface area contributed by atoms with Crippen molar-refractivity contribution in [2.45, 2.75) is 50.4 Å². The molecule has 11 rings (SSSR count). The van der Waals surface area contributed by atoms with Crippen molar-refractivity contribution in [3.8, 4) is 22.3 Å². The van der Waals surface area contributed by atoms with Crippen LogP contribution in [0.2, 0.25) is 0 Å². The van der Waals surface area contributed by atoms with Crippen LogP contribution in [0.5, 0.6) is 0 Å². The van der Waals surface area contributed by atoms with E-state index in [9.17, 15) is 0 Å². The van der Waals surface area contributed by atoms with Gasteiger partial charge in [-0.05, 0) is 106 Å². The van der Waals surface area contributed by atoms with Crippen molar-refractivity contribution < 1.29 is 0 Å². The fourth-order valence-corrected chi connectivity index (χ4v) is 11.9. The lowest BCUT2D eigenvalue weighted by molar-refractivity contribution is 0.327. The number of anilines is 3. The zero-order valence-corrected chi connectivity index (χ0v) is 28.3. The zero-order valence-electron chi connectivity index (χ0n) is 27.5. The van der Waals surface area contributed by atoms with Crippen LogP contribution in [0.15, 0.2) is 127 Å². The summed E-state index contributed by atoms with van der Waals surface area (Å²) in [4.78, 5) is 2.59. The minimum absolute atomic E-state index is 0.0680. The van der Waals surface area contributed by atoms with Gasteiger partial charge in [0.1, 0.15) is 0 Å². The third-order valence-electron chi connectivity index (χ3n) is 12.7. The van der Waals surface area contributed by atoms with Gasteiger partial charge in [-0.15, -0.1) is 11.3 Å². The van der Waals surface area contributed by atoms with Gasteiger partial charge in [0.05, 0.1) is 5.69 Å².